The Morgan fingerprint density at radius 3 is 2.48 bits per heavy atom. The van der Waals surface area contributed by atoms with E-state index < -0.39 is 0 Å². The van der Waals surface area contributed by atoms with E-state index in [1.165, 1.54) is 25.7 Å². The molecule has 21 heavy (non-hydrogen) atoms. The molecular weight excluding hydrogens is 264 g/mol. The molecule has 120 valence electrons. The molecule has 0 aromatic carbocycles. The van der Waals surface area contributed by atoms with Crippen LogP contribution in [-0.2, 0) is 13.1 Å². The van der Waals surface area contributed by atoms with Crippen LogP contribution in [0.3, 0.4) is 0 Å². The fraction of sp³-hybridized carbons (Fsp3) is 0.706. The summed E-state index contributed by atoms with van der Waals surface area (Å²) in [6.07, 6.45) is 7.36. The van der Waals surface area contributed by atoms with Gasteiger partial charge in [0.05, 0.1) is 6.20 Å². The van der Waals surface area contributed by atoms with Gasteiger partial charge >= 0.3 is 0 Å². The van der Waals surface area contributed by atoms with Gasteiger partial charge in [0.2, 0.25) is 5.43 Å². The van der Waals surface area contributed by atoms with Crippen molar-refractivity contribution in [3.05, 3.63) is 28.2 Å². The minimum absolute atomic E-state index is 0.146. The number of aromatic hydroxyl groups is 1. The van der Waals surface area contributed by atoms with E-state index in [-0.39, 0.29) is 11.2 Å². The van der Waals surface area contributed by atoms with E-state index in [4.69, 9.17) is 0 Å². The predicted molar refractivity (Wildman–Crippen MR) is 87.8 cm³/mol. The van der Waals surface area contributed by atoms with Gasteiger partial charge in [-0.15, -0.1) is 0 Å². The first kappa shape index (κ1) is 17.8. The third-order valence-corrected chi connectivity index (χ3v) is 3.86. The molecule has 4 heteroatoms. The maximum atomic E-state index is 11.7. The van der Waals surface area contributed by atoms with Crippen molar-refractivity contribution in [3.8, 4) is 5.75 Å². The first-order chi connectivity index (χ1) is 10.1. The first-order valence-corrected chi connectivity index (χ1v) is 8.27. The molecule has 0 unspecified atom stereocenters. The fourth-order valence-corrected chi connectivity index (χ4v) is 2.44. The summed E-state index contributed by atoms with van der Waals surface area (Å²) in [4.78, 5) is 14.1. The van der Waals surface area contributed by atoms with Crippen molar-refractivity contribution in [2.24, 2.45) is 0 Å². The molecule has 0 aliphatic carbocycles. The highest BCUT2D eigenvalue weighted by molar-refractivity contribution is 5.20. The average Bonchev–Trinajstić information content (AvgIpc) is 2.48. The third-order valence-electron chi connectivity index (χ3n) is 3.86. The van der Waals surface area contributed by atoms with Crippen molar-refractivity contribution in [3.63, 3.8) is 0 Å². The fourth-order valence-electron chi connectivity index (χ4n) is 2.44. The van der Waals surface area contributed by atoms with Crippen molar-refractivity contribution in [2.75, 3.05) is 13.1 Å². The van der Waals surface area contributed by atoms with Gasteiger partial charge in [0.1, 0.15) is 0 Å². The average molecular weight is 294 g/mol. The number of rotatable bonds is 10. The SMILES string of the molecule is CCCCCn1cc(O)c(=O)cc1CN(CC)CCCC. The van der Waals surface area contributed by atoms with Crippen LogP contribution in [0.25, 0.3) is 0 Å². The molecule has 0 atom stereocenters. The van der Waals surface area contributed by atoms with Gasteiger partial charge in [0.15, 0.2) is 5.75 Å². The summed E-state index contributed by atoms with van der Waals surface area (Å²) in [6.45, 7) is 10.2. The lowest BCUT2D eigenvalue weighted by Crippen LogP contribution is -2.27. The minimum atomic E-state index is -0.275. The van der Waals surface area contributed by atoms with E-state index in [0.717, 1.165) is 38.3 Å². The number of aromatic nitrogens is 1. The summed E-state index contributed by atoms with van der Waals surface area (Å²) in [7, 11) is 0. The van der Waals surface area contributed by atoms with Crippen LogP contribution in [0.2, 0.25) is 0 Å². The Balaban J connectivity index is 2.86. The number of hydrogen-bond donors (Lipinski definition) is 1. The number of aryl methyl sites for hydroxylation is 1. The van der Waals surface area contributed by atoms with Gasteiger partial charge in [-0.25, -0.2) is 0 Å². The lowest BCUT2D eigenvalue weighted by molar-refractivity contribution is 0.266. The summed E-state index contributed by atoms with van der Waals surface area (Å²) in [6, 6.07) is 1.59. The quantitative estimate of drug-likeness (QED) is 0.673. The molecule has 0 aliphatic heterocycles. The molecule has 1 heterocycles. The zero-order chi connectivity index (χ0) is 15.7. The molecule has 0 aliphatic rings. The van der Waals surface area contributed by atoms with Crippen LogP contribution in [-0.4, -0.2) is 27.7 Å². The van der Waals surface area contributed by atoms with Crippen molar-refractivity contribution in [2.45, 2.75) is 66.0 Å². The topological polar surface area (TPSA) is 45.5 Å². The first-order valence-electron chi connectivity index (χ1n) is 8.27. The highest BCUT2D eigenvalue weighted by Crippen LogP contribution is 2.11. The Kier molecular flexibility index (Phi) is 8.13. The van der Waals surface area contributed by atoms with Crippen molar-refractivity contribution < 1.29 is 5.11 Å². The Bertz CT molecular complexity index is 468. The molecule has 0 saturated heterocycles. The van der Waals surface area contributed by atoms with E-state index in [9.17, 15) is 9.90 Å². The van der Waals surface area contributed by atoms with Gasteiger partial charge in [0.25, 0.3) is 0 Å². The molecular formula is C17H30N2O2. The van der Waals surface area contributed by atoms with Crippen LogP contribution in [0.15, 0.2) is 17.1 Å². The van der Waals surface area contributed by atoms with Crippen LogP contribution in [0.5, 0.6) is 5.75 Å². The maximum Gasteiger partial charge on any atom is 0.223 e. The summed E-state index contributed by atoms with van der Waals surface area (Å²) in [5.41, 5.74) is 0.732. The molecule has 1 N–H and O–H groups in total. The molecule has 0 bridgehead atoms. The monoisotopic (exact) mass is 294 g/mol. The van der Waals surface area contributed by atoms with Crippen LogP contribution < -0.4 is 5.43 Å². The summed E-state index contributed by atoms with van der Waals surface area (Å²) in [5, 5.41) is 9.67. The largest absolute Gasteiger partial charge is 0.503 e. The third kappa shape index (κ3) is 5.92. The summed E-state index contributed by atoms with van der Waals surface area (Å²) in [5.74, 6) is -0.146. The molecule has 1 rings (SSSR count). The van der Waals surface area contributed by atoms with Crippen LogP contribution >= 0.6 is 0 Å². The van der Waals surface area contributed by atoms with Crippen molar-refractivity contribution >= 4 is 0 Å². The zero-order valence-electron chi connectivity index (χ0n) is 13.8. The van der Waals surface area contributed by atoms with Crippen molar-refractivity contribution in [1.82, 2.24) is 9.47 Å². The lowest BCUT2D eigenvalue weighted by Gasteiger charge is -2.23. The maximum absolute atomic E-state index is 11.7. The number of unbranched alkanes of at least 4 members (excludes halogenated alkanes) is 3. The molecule has 0 spiro atoms. The van der Waals surface area contributed by atoms with E-state index in [1.54, 1.807) is 12.3 Å². The van der Waals surface area contributed by atoms with E-state index >= 15 is 0 Å². The van der Waals surface area contributed by atoms with Crippen LogP contribution in [0.4, 0.5) is 0 Å². The van der Waals surface area contributed by atoms with Crippen LogP contribution in [0.1, 0.15) is 58.6 Å². The molecule has 4 nitrogen and oxygen atoms in total. The highest BCUT2D eigenvalue weighted by atomic mass is 16.3. The van der Waals surface area contributed by atoms with E-state index in [1.807, 2.05) is 4.57 Å². The second kappa shape index (κ2) is 9.61. The number of hydrogen-bond acceptors (Lipinski definition) is 3. The second-order valence-electron chi connectivity index (χ2n) is 5.64. The predicted octanol–water partition coefficient (Wildman–Crippen LogP) is 3.37. The molecule has 0 fully saturated rings. The normalized spacial score (nSPS) is 11.2. The highest BCUT2D eigenvalue weighted by Gasteiger charge is 2.09. The second-order valence-corrected chi connectivity index (χ2v) is 5.64. The molecule has 1 aromatic rings. The molecule has 0 saturated carbocycles. The van der Waals surface area contributed by atoms with Gasteiger partial charge in [-0.2, -0.15) is 0 Å². The minimum Gasteiger partial charge on any atom is -0.503 e. The van der Waals surface area contributed by atoms with Crippen LogP contribution in [0, 0.1) is 0 Å². The van der Waals surface area contributed by atoms with Gasteiger partial charge < -0.3 is 9.67 Å². The number of pyridine rings is 1. The lowest BCUT2D eigenvalue weighted by atomic mass is 10.2. The van der Waals surface area contributed by atoms with Crippen molar-refractivity contribution in [1.29, 1.82) is 0 Å². The zero-order valence-corrected chi connectivity index (χ0v) is 13.8. The Labute approximate surface area is 128 Å². The van der Waals surface area contributed by atoms with E-state index in [0.29, 0.717) is 0 Å². The standard InChI is InChI=1S/C17H30N2O2/c1-4-7-9-11-19-14-17(21)16(20)12-15(19)13-18(6-3)10-8-5-2/h12,14,21H,4-11,13H2,1-3H3. The Morgan fingerprint density at radius 2 is 1.86 bits per heavy atom. The Morgan fingerprint density at radius 1 is 1.14 bits per heavy atom. The molecule has 0 radical (unpaired) electrons. The van der Waals surface area contributed by atoms with Gasteiger partial charge in [-0.1, -0.05) is 40.0 Å². The smallest absolute Gasteiger partial charge is 0.223 e. The van der Waals surface area contributed by atoms with Gasteiger partial charge in [-0.05, 0) is 25.9 Å². The molecule has 0 amide bonds. The van der Waals surface area contributed by atoms with Gasteiger partial charge in [-0.3, -0.25) is 9.69 Å². The summed E-state index contributed by atoms with van der Waals surface area (Å²) >= 11 is 0. The van der Waals surface area contributed by atoms with Gasteiger partial charge in [0, 0.05) is 24.8 Å². The Hall–Kier alpha value is -1.29. The summed E-state index contributed by atoms with van der Waals surface area (Å²) < 4.78 is 2.04. The number of nitrogens with zero attached hydrogens (tertiary/aromatic N) is 2. The van der Waals surface area contributed by atoms with E-state index in [2.05, 4.69) is 25.7 Å². The molecule has 1 aromatic heterocycles.